The van der Waals surface area contributed by atoms with Gasteiger partial charge in [0.1, 0.15) is 0 Å². The summed E-state index contributed by atoms with van der Waals surface area (Å²) in [6.45, 7) is 5.72. The van der Waals surface area contributed by atoms with Crippen LogP contribution in [0.2, 0.25) is 0 Å². The molecule has 1 fully saturated rings. The van der Waals surface area contributed by atoms with Crippen molar-refractivity contribution in [1.29, 1.82) is 0 Å². The zero-order valence-corrected chi connectivity index (χ0v) is 12.8. The molecule has 3 atom stereocenters. The van der Waals surface area contributed by atoms with Crippen LogP contribution in [0.1, 0.15) is 33.1 Å². The van der Waals surface area contributed by atoms with Gasteiger partial charge in [-0.25, -0.2) is 9.97 Å². The zero-order valence-electron chi connectivity index (χ0n) is 12.8. The molecule has 0 spiro atoms. The third kappa shape index (κ3) is 4.14. The Morgan fingerprint density at radius 3 is 2.90 bits per heavy atom. The molecule has 116 valence electrons. The van der Waals surface area contributed by atoms with E-state index in [1.165, 1.54) is 0 Å². The van der Waals surface area contributed by atoms with Gasteiger partial charge in [-0.2, -0.15) is 0 Å². The van der Waals surface area contributed by atoms with Crippen LogP contribution in [0.3, 0.4) is 0 Å². The van der Waals surface area contributed by atoms with E-state index in [2.05, 4.69) is 20.2 Å². The summed E-state index contributed by atoms with van der Waals surface area (Å²) in [4.78, 5) is 22.8. The van der Waals surface area contributed by atoms with Crippen molar-refractivity contribution in [2.24, 2.45) is 11.7 Å². The van der Waals surface area contributed by atoms with E-state index in [9.17, 15) is 4.79 Å². The summed E-state index contributed by atoms with van der Waals surface area (Å²) in [5.74, 6) is 0.870. The summed E-state index contributed by atoms with van der Waals surface area (Å²) in [5, 5.41) is 3.07. The number of nitrogens with one attached hydrogen (secondary N) is 1. The SMILES string of the molecule is CCC(C)[C@H](N)C(=O)NC1CCCN(c2ncccn2)C1. The second-order valence-electron chi connectivity index (χ2n) is 5.75. The smallest absolute Gasteiger partial charge is 0.237 e. The maximum atomic E-state index is 12.2. The third-order valence-corrected chi connectivity index (χ3v) is 4.16. The molecule has 1 aliphatic rings. The first-order chi connectivity index (χ1) is 10.1. The Labute approximate surface area is 126 Å². The number of anilines is 1. The molecule has 2 unspecified atom stereocenters. The monoisotopic (exact) mass is 291 g/mol. The van der Waals surface area contributed by atoms with Gasteiger partial charge in [0.25, 0.3) is 0 Å². The van der Waals surface area contributed by atoms with Gasteiger partial charge in [0.15, 0.2) is 0 Å². The number of aromatic nitrogens is 2. The van der Waals surface area contributed by atoms with Crippen LogP contribution in [0, 0.1) is 5.92 Å². The number of carbonyl (C=O) groups is 1. The lowest BCUT2D eigenvalue weighted by Gasteiger charge is -2.34. The lowest BCUT2D eigenvalue weighted by Crippen LogP contribution is -2.53. The lowest BCUT2D eigenvalue weighted by molar-refractivity contribution is -0.124. The predicted octanol–water partition coefficient (Wildman–Crippen LogP) is 0.935. The summed E-state index contributed by atoms with van der Waals surface area (Å²) in [6, 6.07) is 1.49. The van der Waals surface area contributed by atoms with Crippen molar-refractivity contribution < 1.29 is 4.79 Å². The fourth-order valence-electron chi connectivity index (χ4n) is 2.54. The summed E-state index contributed by atoms with van der Waals surface area (Å²) in [7, 11) is 0. The Morgan fingerprint density at radius 2 is 2.24 bits per heavy atom. The predicted molar refractivity (Wildman–Crippen MR) is 82.8 cm³/mol. The number of piperidine rings is 1. The Balaban J connectivity index is 1.91. The van der Waals surface area contributed by atoms with Gasteiger partial charge in [0, 0.05) is 31.5 Å². The van der Waals surface area contributed by atoms with E-state index in [0.717, 1.165) is 38.3 Å². The molecule has 1 aromatic heterocycles. The van der Waals surface area contributed by atoms with Crippen LogP contribution in [-0.2, 0) is 4.79 Å². The number of hydrogen-bond donors (Lipinski definition) is 2. The molecule has 1 aromatic rings. The van der Waals surface area contributed by atoms with Crippen molar-refractivity contribution in [3.8, 4) is 0 Å². The number of carbonyl (C=O) groups excluding carboxylic acids is 1. The molecule has 1 saturated heterocycles. The first-order valence-electron chi connectivity index (χ1n) is 7.69. The fraction of sp³-hybridized carbons (Fsp3) is 0.667. The van der Waals surface area contributed by atoms with Crippen molar-refractivity contribution in [3.05, 3.63) is 18.5 Å². The van der Waals surface area contributed by atoms with Crippen LogP contribution in [0.15, 0.2) is 18.5 Å². The Morgan fingerprint density at radius 1 is 1.52 bits per heavy atom. The number of amides is 1. The number of hydrogen-bond acceptors (Lipinski definition) is 5. The fourth-order valence-corrected chi connectivity index (χ4v) is 2.54. The Bertz CT molecular complexity index is 453. The highest BCUT2D eigenvalue weighted by molar-refractivity contribution is 5.82. The molecule has 0 radical (unpaired) electrons. The highest BCUT2D eigenvalue weighted by Gasteiger charge is 2.26. The van der Waals surface area contributed by atoms with Crippen LogP contribution in [-0.4, -0.2) is 41.0 Å². The van der Waals surface area contributed by atoms with Crippen LogP contribution in [0.5, 0.6) is 0 Å². The van der Waals surface area contributed by atoms with Gasteiger partial charge in [-0.05, 0) is 24.8 Å². The van der Waals surface area contributed by atoms with E-state index in [1.807, 2.05) is 13.8 Å². The van der Waals surface area contributed by atoms with Crippen LogP contribution in [0.25, 0.3) is 0 Å². The minimum Gasteiger partial charge on any atom is -0.350 e. The van der Waals surface area contributed by atoms with E-state index in [1.54, 1.807) is 18.5 Å². The van der Waals surface area contributed by atoms with Gasteiger partial charge < -0.3 is 16.0 Å². The molecule has 2 rings (SSSR count). The molecule has 6 nitrogen and oxygen atoms in total. The van der Waals surface area contributed by atoms with Gasteiger partial charge >= 0.3 is 0 Å². The Kier molecular flexibility index (Phi) is 5.50. The number of nitrogens with zero attached hydrogens (tertiary/aromatic N) is 3. The topological polar surface area (TPSA) is 84.1 Å². The summed E-state index contributed by atoms with van der Waals surface area (Å²) >= 11 is 0. The minimum atomic E-state index is -0.432. The number of nitrogens with two attached hydrogens (primary N) is 1. The molecular weight excluding hydrogens is 266 g/mol. The van der Waals surface area contributed by atoms with Crippen molar-refractivity contribution in [2.45, 2.75) is 45.2 Å². The van der Waals surface area contributed by atoms with Gasteiger partial charge in [0.05, 0.1) is 6.04 Å². The average molecular weight is 291 g/mol. The molecular formula is C15H25N5O. The van der Waals surface area contributed by atoms with Gasteiger partial charge in [-0.15, -0.1) is 0 Å². The van der Waals surface area contributed by atoms with Crippen molar-refractivity contribution in [2.75, 3.05) is 18.0 Å². The standard InChI is InChI=1S/C15H25N5O/c1-3-11(2)13(16)14(21)19-12-6-4-9-20(10-12)15-17-7-5-8-18-15/h5,7-8,11-13H,3-4,6,9-10,16H2,1-2H3,(H,19,21)/t11?,12?,13-/m0/s1. The van der Waals surface area contributed by atoms with E-state index >= 15 is 0 Å². The van der Waals surface area contributed by atoms with E-state index < -0.39 is 6.04 Å². The second-order valence-corrected chi connectivity index (χ2v) is 5.75. The molecule has 6 heteroatoms. The van der Waals surface area contributed by atoms with E-state index in [4.69, 9.17) is 5.73 Å². The highest BCUT2D eigenvalue weighted by Crippen LogP contribution is 2.15. The zero-order chi connectivity index (χ0) is 15.2. The normalized spacial score (nSPS) is 21.7. The molecule has 0 bridgehead atoms. The van der Waals surface area contributed by atoms with Crippen molar-refractivity contribution in [1.82, 2.24) is 15.3 Å². The molecule has 0 saturated carbocycles. The minimum absolute atomic E-state index is 0.0508. The van der Waals surface area contributed by atoms with Crippen LogP contribution in [0.4, 0.5) is 5.95 Å². The van der Waals surface area contributed by atoms with Crippen molar-refractivity contribution >= 4 is 11.9 Å². The van der Waals surface area contributed by atoms with Gasteiger partial charge in [-0.3, -0.25) is 4.79 Å². The first-order valence-corrected chi connectivity index (χ1v) is 7.69. The molecule has 1 aliphatic heterocycles. The summed E-state index contributed by atoms with van der Waals surface area (Å²) < 4.78 is 0. The molecule has 1 amide bonds. The largest absolute Gasteiger partial charge is 0.350 e. The molecule has 3 N–H and O–H groups in total. The van der Waals surface area contributed by atoms with Crippen molar-refractivity contribution in [3.63, 3.8) is 0 Å². The van der Waals surface area contributed by atoms with E-state index in [-0.39, 0.29) is 17.9 Å². The maximum Gasteiger partial charge on any atom is 0.237 e. The average Bonchev–Trinajstić information content (AvgIpc) is 2.54. The lowest BCUT2D eigenvalue weighted by atomic mass is 9.98. The molecule has 21 heavy (non-hydrogen) atoms. The quantitative estimate of drug-likeness (QED) is 0.843. The van der Waals surface area contributed by atoms with Gasteiger partial charge in [0.2, 0.25) is 11.9 Å². The first kappa shape index (κ1) is 15.7. The van der Waals surface area contributed by atoms with Crippen LogP contribution < -0.4 is 16.0 Å². The second kappa shape index (κ2) is 7.36. The summed E-state index contributed by atoms with van der Waals surface area (Å²) in [6.07, 6.45) is 6.38. The van der Waals surface area contributed by atoms with Gasteiger partial charge in [-0.1, -0.05) is 20.3 Å². The molecule has 0 aliphatic carbocycles. The molecule has 0 aromatic carbocycles. The third-order valence-electron chi connectivity index (χ3n) is 4.16. The highest BCUT2D eigenvalue weighted by atomic mass is 16.2. The molecule has 2 heterocycles. The van der Waals surface area contributed by atoms with Crippen LogP contribution >= 0.6 is 0 Å². The number of rotatable bonds is 5. The summed E-state index contributed by atoms with van der Waals surface area (Å²) in [5.41, 5.74) is 5.98. The maximum absolute atomic E-state index is 12.2. The van der Waals surface area contributed by atoms with E-state index in [0.29, 0.717) is 0 Å². The Hall–Kier alpha value is -1.69.